The van der Waals surface area contributed by atoms with E-state index in [4.69, 9.17) is 0 Å². The van der Waals surface area contributed by atoms with Crippen LogP contribution < -0.4 is 10.6 Å². The zero-order chi connectivity index (χ0) is 12.8. The Bertz CT molecular complexity index is 360. The number of hydrogen-bond donors (Lipinski definition) is 2. The molecule has 0 spiro atoms. The van der Waals surface area contributed by atoms with Crippen LogP contribution in [0.25, 0.3) is 0 Å². The molecule has 96 valence electrons. The summed E-state index contributed by atoms with van der Waals surface area (Å²) in [5.41, 5.74) is 0. The molecule has 1 aromatic rings. The van der Waals surface area contributed by atoms with Crippen molar-refractivity contribution in [2.45, 2.75) is 32.9 Å². The fourth-order valence-electron chi connectivity index (χ4n) is 1.29. The van der Waals surface area contributed by atoms with Gasteiger partial charge in [0.25, 0.3) is 0 Å². The van der Waals surface area contributed by atoms with E-state index in [2.05, 4.69) is 48.6 Å². The molecule has 0 bridgehead atoms. The Hall–Kier alpha value is 0.0900. The summed E-state index contributed by atoms with van der Waals surface area (Å²) >= 11 is 8.59. The number of carbonyl (C=O) groups excluding carboxylic acids is 1. The number of amides is 1. The van der Waals surface area contributed by atoms with E-state index in [1.807, 2.05) is 13.8 Å². The Kier molecular flexibility index (Phi) is 6.69. The number of carbonyl (C=O) groups is 1. The van der Waals surface area contributed by atoms with Crippen molar-refractivity contribution in [3.05, 3.63) is 19.2 Å². The van der Waals surface area contributed by atoms with Crippen LogP contribution in [0.5, 0.6) is 0 Å². The van der Waals surface area contributed by atoms with Gasteiger partial charge in [0.05, 0.1) is 3.79 Å². The van der Waals surface area contributed by atoms with Crippen molar-refractivity contribution in [1.29, 1.82) is 0 Å². The molecular weight excluding hydrogens is 368 g/mol. The molecule has 0 unspecified atom stereocenters. The van der Waals surface area contributed by atoms with Gasteiger partial charge in [0, 0.05) is 34.9 Å². The summed E-state index contributed by atoms with van der Waals surface area (Å²) in [7, 11) is 0. The molecule has 0 saturated heterocycles. The van der Waals surface area contributed by atoms with E-state index in [9.17, 15) is 4.79 Å². The highest BCUT2D eigenvalue weighted by Crippen LogP contribution is 2.32. The molecule has 0 aliphatic carbocycles. The molecule has 1 amide bonds. The lowest BCUT2D eigenvalue weighted by molar-refractivity contribution is -0.121. The molecule has 0 atom stereocenters. The predicted octanol–water partition coefficient (Wildman–Crippen LogP) is 3.28. The zero-order valence-electron chi connectivity index (χ0n) is 9.85. The van der Waals surface area contributed by atoms with Gasteiger partial charge in [-0.15, -0.1) is 11.3 Å². The van der Waals surface area contributed by atoms with Crippen LogP contribution in [0.1, 0.15) is 25.1 Å². The van der Waals surface area contributed by atoms with E-state index in [1.165, 1.54) is 4.88 Å². The first-order valence-electron chi connectivity index (χ1n) is 5.43. The fraction of sp³-hybridized carbons (Fsp3) is 0.545. The van der Waals surface area contributed by atoms with Gasteiger partial charge in [-0.3, -0.25) is 4.79 Å². The molecule has 3 nitrogen and oxygen atoms in total. The Morgan fingerprint density at radius 3 is 2.71 bits per heavy atom. The van der Waals surface area contributed by atoms with Crippen molar-refractivity contribution in [3.63, 3.8) is 0 Å². The highest BCUT2D eigenvalue weighted by Gasteiger charge is 2.05. The number of hydrogen-bond acceptors (Lipinski definition) is 3. The first-order valence-corrected chi connectivity index (χ1v) is 7.83. The van der Waals surface area contributed by atoms with Gasteiger partial charge in [-0.2, -0.15) is 0 Å². The van der Waals surface area contributed by atoms with Crippen molar-refractivity contribution in [2.75, 3.05) is 6.54 Å². The second kappa shape index (κ2) is 7.51. The summed E-state index contributed by atoms with van der Waals surface area (Å²) in [6, 6.07) is 2.29. The minimum atomic E-state index is 0.0982. The maximum Gasteiger partial charge on any atom is 0.221 e. The zero-order valence-corrected chi connectivity index (χ0v) is 13.8. The molecule has 6 heteroatoms. The summed E-state index contributed by atoms with van der Waals surface area (Å²) in [6.07, 6.45) is 0.520. The molecule has 1 rings (SSSR count). The fourth-order valence-corrected chi connectivity index (χ4v) is 3.43. The second-order valence-corrected chi connectivity index (χ2v) is 7.29. The molecule has 0 aliphatic heterocycles. The maximum absolute atomic E-state index is 11.4. The topological polar surface area (TPSA) is 41.1 Å². The molecule has 1 aromatic heterocycles. The summed E-state index contributed by atoms with van der Waals surface area (Å²) in [5, 5.41) is 6.12. The minimum absolute atomic E-state index is 0.0982. The third-order valence-electron chi connectivity index (χ3n) is 1.97. The quantitative estimate of drug-likeness (QED) is 0.740. The standard InChI is InChI=1S/C11H16Br2N2OS/c1-7(2)15-10(16)3-4-14-6-8-5-9(12)11(13)17-8/h5,7,14H,3-4,6H2,1-2H3,(H,15,16). The molecule has 17 heavy (non-hydrogen) atoms. The number of rotatable bonds is 6. The molecule has 0 aliphatic rings. The minimum Gasteiger partial charge on any atom is -0.354 e. The SMILES string of the molecule is CC(C)NC(=O)CCNCc1cc(Br)c(Br)s1. The van der Waals surface area contributed by atoms with E-state index < -0.39 is 0 Å². The molecule has 0 saturated carbocycles. The maximum atomic E-state index is 11.4. The van der Waals surface area contributed by atoms with Gasteiger partial charge in [0.1, 0.15) is 0 Å². The normalized spacial score (nSPS) is 10.9. The molecule has 0 aromatic carbocycles. The van der Waals surface area contributed by atoms with Gasteiger partial charge in [-0.05, 0) is 51.8 Å². The Balaban J connectivity index is 2.18. The largest absolute Gasteiger partial charge is 0.354 e. The summed E-state index contributed by atoms with van der Waals surface area (Å²) in [6.45, 7) is 5.42. The van der Waals surface area contributed by atoms with Gasteiger partial charge in [0.15, 0.2) is 0 Å². The van der Waals surface area contributed by atoms with Gasteiger partial charge in [-0.1, -0.05) is 0 Å². The monoisotopic (exact) mass is 382 g/mol. The molecular formula is C11H16Br2N2OS. The molecule has 0 radical (unpaired) electrons. The summed E-state index contributed by atoms with van der Waals surface area (Å²) in [5.74, 6) is 0.0982. The van der Waals surface area contributed by atoms with E-state index in [0.29, 0.717) is 13.0 Å². The van der Waals surface area contributed by atoms with Crippen LogP contribution in [-0.2, 0) is 11.3 Å². The third kappa shape index (κ3) is 5.99. The lowest BCUT2D eigenvalue weighted by Gasteiger charge is -2.08. The van der Waals surface area contributed by atoms with Gasteiger partial charge >= 0.3 is 0 Å². The lowest BCUT2D eigenvalue weighted by atomic mass is 10.3. The van der Waals surface area contributed by atoms with E-state index in [0.717, 1.165) is 14.8 Å². The smallest absolute Gasteiger partial charge is 0.221 e. The molecule has 0 fully saturated rings. The Labute approximate surface area is 123 Å². The van der Waals surface area contributed by atoms with Crippen molar-refractivity contribution in [3.8, 4) is 0 Å². The highest BCUT2D eigenvalue weighted by molar-refractivity contribution is 9.13. The van der Waals surface area contributed by atoms with Gasteiger partial charge < -0.3 is 10.6 Å². The Morgan fingerprint density at radius 1 is 1.47 bits per heavy atom. The van der Waals surface area contributed by atoms with Crippen LogP contribution in [0.15, 0.2) is 14.3 Å². The van der Waals surface area contributed by atoms with E-state index in [1.54, 1.807) is 11.3 Å². The van der Waals surface area contributed by atoms with Crippen LogP contribution in [-0.4, -0.2) is 18.5 Å². The number of nitrogens with one attached hydrogen (secondary N) is 2. The predicted molar refractivity (Wildman–Crippen MR) is 79.3 cm³/mol. The van der Waals surface area contributed by atoms with E-state index in [-0.39, 0.29) is 11.9 Å². The van der Waals surface area contributed by atoms with E-state index >= 15 is 0 Å². The van der Waals surface area contributed by atoms with Crippen molar-refractivity contribution in [1.82, 2.24) is 10.6 Å². The van der Waals surface area contributed by atoms with Crippen LogP contribution in [0.3, 0.4) is 0 Å². The number of halogens is 2. The first-order chi connectivity index (χ1) is 7.99. The second-order valence-electron chi connectivity index (χ2n) is 3.98. The summed E-state index contributed by atoms with van der Waals surface area (Å²) < 4.78 is 2.18. The third-order valence-corrected chi connectivity index (χ3v) is 5.23. The van der Waals surface area contributed by atoms with Crippen LogP contribution in [0.4, 0.5) is 0 Å². The lowest BCUT2D eigenvalue weighted by Crippen LogP contribution is -2.32. The molecule has 2 N–H and O–H groups in total. The molecule has 1 heterocycles. The van der Waals surface area contributed by atoms with Gasteiger partial charge in [0.2, 0.25) is 5.91 Å². The van der Waals surface area contributed by atoms with Gasteiger partial charge in [-0.25, -0.2) is 0 Å². The van der Waals surface area contributed by atoms with Crippen molar-refractivity contribution in [2.24, 2.45) is 0 Å². The average molecular weight is 384 g/mol. The van der Waals surface area contributed by atoms with Crippen LogP contribution in [0.2, 0.25) is 0 Å². The van der Waals surface area contributed by atoms with Crippen molar-refractivity contribution < 1.29 is 4.79 Å². The first kappa shape index (κ1) is 15.1. The average Bonchev–Trinajstić information content (AvgIpc) is 2.52. The Morgan fingerprint density at radius 2 is 2.18 bits per heavy atom. The summed E-state index contributed by atoms with van der Waals surface area (Å²) in [4.78, 5) is 12.6. The highest BCUT2D eigenvalue weighted by atomic mass is 79.9. The van der Waals surface area contributed by atoms with Crippen molar-refractivity contribution >= 4 is 49.1 Å². The number of thiophene rings is 1. The van der Waals surface area contributed by atoms with Crippen LogP contribution in [0, 0.1) is 0 Å². The van der Waals surface area contributed by atoms with Crippen LogP contribution >= 0.6 is 43.2 Å².